The SMILES string of the molecule is C=CS(=C)(=O)N1CCC(Nc2nc(N3CCN(C(C)=O)CC3)c3cc(Cl)c(-c4c(O)cccc4F)c(F)c3n2)C1. The van der Waals surface area contributed by atoms with Crippen molar-refractivity contribution in [1.82, 2.24) is 19.2 Å². The first-order chi connectivity index (χ1) is 19.0. The molecule has 1 amide bonds. The van der Waals surface area contributed by atoms with Crippen LogP contribution in [0.5, 0.6) is 5.75 Å². The number of aromatic hydroxyl groups is 1. The van der Waals surface area contributed by atoms with Crippen molar-refractivity contribution in [3.8, 4) is 16.9 Å². The third-order valence-corrected chi connectivity index (χ3v) is 9.34. The number of rotatable bonds is 6. The highest BCUT2D eigenvalue weighted by Crippen LogP contribution is 2.42. The van der Waals surface area contributed by atoms with Gasteiger partial charge in [0.05, 0.1) is 10.6 Å². The quantitative estimate of drug-likeness (QED) is 0.420. The molecule has 0 aliphatic carbocycles. The van der Waals surface area contributed by atoms with E-state index in [4.69, 9.17) is 16.6 Å². The van der Waals surface area contributed by atoms with Crippen molar-refractivity contribution < 1.29 is 22.9 Å². The van der Waals surface area contributed by atoms with Crippen LogP contribution in [0.4, 0.5) is 20.5 Å². The zero-order chi connectivity index (χ0) is 28.8. The molecule has 2 N–H and O–H groups in total. The van der Waals surface area contributed by atoms with Crippen molar-refractivity contribution >= 4 is 55.8 Å². The first-order valence-corrected chi connectivity index (χ1v) is 14.8. The molecule has 2 aliphatic heterocycles. The maximum Gasteiger partial charge on any atom is 0.225 e. The van der Waals surface area contributed by atoms with E-state index in [1.54, 1.807) is 9.21 Å². The van der Waals surface area contributed by atoms with Crippen molar-refractivity contribution in [2.45, 2.75) is 19.4 Å². The number of aromatic nitrogens is 2. The lowest BCUT2D eigenvalue weighted by molar-refractivity contribution is -0.129. The van der Waals surface area contributed by atoms with Gasteiger partial charge in [-0.2, -0.15) is 4.98 Å². The molecule has 0 bridgehead atoms. The van der Waals surface area contributed by atoms with Gasteiger partial charge in [-0.3, -0.25) is 4.79 Å². The first-order valence-electron chi connectivity index (χ1n) is 12.7. The highest BCUT2D eigenvalue weighted by Gasteiger charge is 2.30. The van der Waals surface area contributed by atoms with Crippen LogP contribution < -0.4 is 10.2 Å². The Labute approximate surface area is 236 Å². The fourth-order valence-corrected chi connectivity index (χ4v) is 6.47. The molecule has 5 rings (SSSR count). The third kappa shape index (κ3) is 5.18. The molecule has 2 atom stereocenters. The number of nitrogens with one attached hydrogen (secondary N) is 1. The van der Waals surface area contributed by atoms with Crippen LogP contribution >= 0.6 is 11.6 Å². The lowest BCUT2D eigenvalue weighted by Gasteiger charge is -2.35. The number of fused-ring (bicyclic) bond motifs is 1. The van der Waals surface area contributed by atoms with E-state index >= 15 is 4.39 Å². The van der Waals surface area contributed by atoms with Crippen LogP contribution in [0.15, 0.2) is 36.3 Å². The van der Waals surface area contributed by atoms with Gasteiger partial charge in [0.25, 0.3) is 0 Å². The highest BCUT2D eigenvalue weighted by atomic mass is 35.5. The number of halogens is 3. The standard InChI is InChI=1S/C27H29ClF2N6O3S/c1-4-40(3,39)36-9-8-17(15-36)31-27-32-25-18(26(33-27)35-12-10-34(11-13-35)16(2)37)14-19(28)22(24(25)30)23-20(29)6-5-7-21(23)38/h4-7,14,17,38H,1,3,8-13,15H2,2H3,(H,31,32,33). The minimum atomic E-state index is -2.61. The average Bonchev–Trinajstić information content (AvgIpc) is 3.40. The van der Waals surface area contributed by atoms with Crippen LogP contribution in [0.3, 0.4) is 0 Å². The van der Waals surface area contributed by atoms with E-state index in [0.29, 0.717) is 56.9 Å². The number of phenols is 1. The van der Waals surface area contributed by atoms with Gasteiger partial charge >= 0.3 is 0 Å². The molecule has 2 saturated heterocycles. The predicted octanol–water partition coefficient (Wildman–Crippen LogP) is 3.86. The van der Waals surface area contributed by atoms with E-state index in [1.165, 1.54) is 30.5 Å². The summed E-state index contributed by atoms with van der Waals surface area (Å²) < 4.78 is 45.4. The summed E-state index contributed by atoms with van der Waals surface area (Å²) in [5, 5.41) is 15.1. The molecule has 2 fully saturated rings. The molecule has 3 heterocycles. The minimum Gasteiger partial charge on any atom is -0.507 e. The van der Waals surface area contributed by atoms with E-state index in [9.17, 15) is 18.5 Å². The van der Waals surface area contributed by atoms with E-state index in [0.717, 1.165) is 6.07 Å². The molecule has 0 spiro atoms. The Morgan fingerprint density at radius 3 is 2.58 bits per heavy atom. The molecule has 1 aromatic heterocycles. The van der Waals surface area contributed by atoms with Crippen LogP contribution in [-0.4, -0.2) is 85.6 Å². The van der Waals surface area contributed by atoms with Crippen LogP contribution in [-0.2, 0) is 14.5 Å². The summed E-state index contributed by atoms with van der Waals surface area (Å²) in [6.07, 6.45) is 0.617. The number of phenolic OH excluding ortho intramolecular Hbond substituents is 1. The molecular weight excluding hydrogens is 562 g/mol. The van der Waals surface area contributed by atoms with Gasteiger partial charge < -0.3 is 20.2 Å². The Bertz CT molecular complexity index is 1590. The number of hydrogen-bond acceptors (Lipinski definition) is 7. The maximum absolute atomic E-state index is 16.2. The second kappa shape index (κ2) is 10.8. The number of nitrogens with zero attached hydrogens (tertiary/aromatic N) is 5. The Hall–Kier alpha value is -3.48. The molecule has 9 nitrogen and oxygen atoms in total. The summed E-state index contributed by atoms with van der Waals surface area (Å²) in [5.41, 5.74) is -0.778. The fourth-order valence-electron chi connectivity index (χ4n) is 5.12. The van der Waals surface area contributed by atoms with Crippen molar-refractivity contribution in [2.75, 3.05) is 49.5 Å². The van der Waals surface area contributed by atoms with E-state index in [-0.39, 0.29) is 39.6 Å². The van der Waals surface area contributed by atoms with Gasteiger partial charge in [0.1, 0.15) is 22.9 Å². The fraction of sp³-hybridized carbons (Fsp3) is 0.333. The van der Waals surface area contributed by atoms with E-state index < -0.39 is 27.1 Å². The van der Waals surface area contributed by atoms with Gasteiger partial charge in [0.15, 0.2) is 5.82 Å². The Morgan fingerprint density at radius 2 is 1.93 bits per heavy atom. The monoisotopic (exact) mass is 590 g/mol. The lowest BCUT2D eigenvalue weighted by atomic mass is 10.0. The Morgan fingerprint density at radius 1 is 1.20 bits per heavy atom. The van der Waals surface area contributed by atoms with Crippen LogP contribution in [0.2, 0.25) is 5.02 Å². The van der Waals surface area contributed by atoms with Gasteiger partial charge in [-0.1, -0.05) is 24.2 Å². The second-order valence-electron chi connectivity index (χ2n) is 9.82. The second-order valence-corrected chi connectivity index (χ2v) is 12.5. The van der Waals surface area contributed by atoms with Gasteiger partial charge in [-0.15, -0.1) is 0 Å². The number of amides is 1. The van der Waals surface area contributed by atoms with Crippen molar-refractivity contribution in [3.63, 3.8) is 0 Å². The number of carbonyl (C=O) groups excluding carboxylic acids is 1. The molecule has 0 radical (unpaired) electrons. The number of hydrogen-bond donors (Lipinski definition) is 2. The van der Waals surface area contributed by atoms with E-state index in [2.05, 4.69) is 22.8 Å². The maximum atomic E-state index is 16.2. The summed E-state index contributed by atoms with van der Waals surface area (Å²) in [7, 11) is -2.61. The molecule has 2 aliphatic rings. The first kappa shape index (κ1) is 28.1. The van der Waals surface area contributed by atoms with Crippen LogP contribution in [0.1, 0.15) is 13.3 Å². The number of carbonyl (C=O) groups is 1. The minimum absolute atomic E-state index is 0.0368. The summed E-state index contributed by atoms with van der Waals surface area (Å²) in [5.74, 6) is 2.04. The number of piperazine rings is 1. The predicted molar refractivity (Wildman–Crippen MR) is 155 cm³/mol. The summed E-state index contributed by atoms with van der Waals surface area (Å²) in [6, 6.07) is 4.94. The van der Waals surface area contributed by atoms with Gasteiger partial charge in [0, 0.05) is 78.3 Å². The Kier molecular flexibility index (Phi) is 7.60. The number of anilines is 2. The zero-order valence-electron chi connectivity index (χ0n) is 21.9. The van der Waals surface area contributed by atoms with Gasteiger partial charge in [0.2, 0.25) is 11.9 Å². The van der Waals surface area contributed by atoms with Gasteiger partial charge in [-0.05, 0) is 30.5 Å². The van der Waals surface area contributed by atoms with Crippen LogP contribution in [0.25, 0.3) is 22.0 Å². The molecule has 3 aromatic rings. The summed E-state index contributed by atoms with van der Waals surface area (Å²) in [4.78, 5) is 24.7. The van der Waals surface area contributed by atoms with Crippen molar-refractivity contribution in [2.24, 2.45) is 0 Å². The number of benzene rings is 2. The average molecular weight is 591 g/mol. The van der Waals surface area contributed by atoms with Crippen molar-refractivity contribution in [1.29, 1.82) is 0 Å². The molecule has 0 saturated carbocycles. The molecule has 40 heavy (non-hydrogen) atoms. The van der Waals surface area contributed by atoms with E-state index in [1.807, 2.05) is 4.90 Å². The van der Waals surface area contributed by atoms with Crippen LogP contribution in [0, 0.1) is 11.6 Å². The lowest BCUT2D eigenvalue weighted by Crippen LogP contribution is -2.48. The third-order valence-electron chi connectivity index (χ3n) is 7.31. The molecular formula is C27H29ClF2N6O3S. The zero-order valence-corrected chi connectivity index (χ0v) is 23.4. The molecule has 13 heteroatoms. The normalized spacial score (nSPS) is 19.6. The van der Waals surface area contributed by atoms with Gasteiger partial charge in [-0.25, -0.2) is 22.3 Å². The Balaban J connectivity index is 1.61. The topological polar surface area (TPSA) is 102 Å². The highest BCUT2D eigenvalue weighted by molar-refractivity contribution is 8.00. The summed E-state index contributed by atoms with van der Waals surface area (Å²) in [6.45, 7) is 7.82. The molecule has 212 valence electrons. The van der Waals surface area contributed by atoms with Crippen molar-refractivity contribution in [3.05, 3.63) is 52.9 Å². The smallest absolute Gasteiger partial charge is 0.225 e. The molecule has 2 unspecified atom stereocenters. The largest absolute Gasteiger partial charge is 0.507 e. The molecule has 2 aromatic carbocycles. The summed E-state index contributed by atoms with van der Waals surface area (Å²) >= 11 is 6.51.